The standard InChI is InChI=1S/C19H21NO2S/c1-3-14-22-18-10-6-16(7-11-18)19(23)20-13-12-15-4-8-17(21-2)9-5-15/h3-11H,1,12-14H2,2H3,(H,20,23). The zero-order valence-electron chi connectivity index (χ0n) is 13.2. The van der Waals surface area contributed by atoms with Crippen LogP contribution in [-0.2, 0) is 6.42 Å². The molecule has 0 heterocycles. The molecule has 2 aromatic carbocycles. The second-order valence-corrected chi connectivity index (χ2v) is 5.39. The maximum atomic E-state index is 5.46. The summed E-state index contributed by atoms with van der Waals surface area (Å²) in [6, 6.07) is 15.8. The number of thiocarbonyl (C=S) groups is 1. The molecule has 0 unspecified atom stereocenters. The largest absolute Gasteiger partial charge is 0.497 e. The van der Waals surface area contributed by atoms with Gasteiger partial charge in [0.25, 0.3) is 0 Å². The fraction of sp³-hybridized carbons (Fsp3) is 0.211. The van der Waals surface area contributed by atoms with E-state index in [0.29, 0.717) is 6.61 Å². The Balaban J connectivity index is 1.80. The van der Waals surface area contributed by atoms with Crippen molar-refractivity contribution in [2.24, 2.45) is 0 Å². The van der Waals surface area contributed by atoms with E-state index in [4.69, 9.17) is 21.7 Å². The number of benzene rings is 2. The fourth-order valence-electron chi connectivity index (χ4n) is 2.07. The molecule has 0 aliphatic rings. The summed E-state index contributed by atoms with van der Waals surface area (Å²) >= 11 is 5.42. The summed E-state index contributed by atoms with van der Waals surface area (Å²) in [5, 5.41) is 3.28. The SMILES string of the molecule is C=CCOc1ccc(C(=S)NCCc2ccc(OC)cc2)cc1. The lowest BCUT2D eigenvalue weighted by atomic mass is 10.1. The predicted molar refractivity (Wildman–Crippen MR) is 98.5 cm³/mol. The molecule has 0 aliphatic heterocycles. The number of rotatable bonds is 8. The summed E-state index contributed by atoms with van der Waals surface area (Å²) in [6.45, 7) is 4.92. The molecule has 0 aliphatic carbocycles. The Kier molecular flexibility index (Phi) is 6.63. The Morgan fingerprint density at radius 2 is 1.74 bits per heavy atom. The van der Waals surface area contributed by atoms with Gasteiger partial charge >= 0.3 is 0 Å². The maximum absolute atomic E-state index is 5.46. The van der Waals surface area contributed by atoms with Crippen molar-refractivity contribution in [3.63, 3.8) is 0 Å². The minimum atomic E-state index is 0.504. The summed E-state index contributed by atoms with van der Waals surface area (Å²) in [7, 11) is 1.67. The first-order chi connectivity index (χ1) is 11.2. The predicted octanol–water partition coefficient (Wildman–Crippen LogP) is 3.77. The second kappa shape index (κ2) is 8.96. The van der Waals surface area contributed by atoms with E-state index >= 15 is 0 Å². The van der Waals surface area contributed by atoms with Crippen molar-refractivity contribution in [1.82, 2.24) is 5.32 Å². The lowest BCUT2D eigenvalue weighted by Crippen LogP contribution is -2.24. The van der Waals surface area contributed by atoms with Crippen LogP contribution in [0.5, 0.6) is 11.5 Å². The zero-order chi connectivity index (χ0) is 16.5. The van der Waals surface area contributed by atoms with Crippen LogP contribution in [0, 0.1) is 0 Å². The first-order valence-electron chi connectivity index (χ1n) is 7.48. The molecular weight excluding hydrogens is 306 g/mol. The van der Waals surface area contributed by atoms with Gasteiger partial charge in [-0.3, -0.25) is 0 Å². The van der Waals surface area contributed by atoms with E-state index < -0.39 is 0 Å². The van der Waals surface area contributed by atoms with E-state index in [9.17, 15) is 0 Å². The molecule has 0 radical (unpaired) electrons. The van der Waals surface area contributed by atoms with Crippen LogP contribution in [0.15, 0.2) is 61.2 Å². The highest BCUT2D eigenvalue weighted by atomic mass is 32.1. The third kappa shape index (κ3) is 5.42. The average molecular weight is 327 g/mol. The van der Waals surface area contributed by atoms with E-state index in [1.54, 1.807) is 13.2 Å². The number of methoxy groups -OCH3 is 1. The molecule has 3 nitrogen and oxygen atoms in total. The average Bonchev–Trinajstić information content (AvgIpc) is 2.61. The van der Waals surface area contributed by atoms with Crippen molar-refractivity contribution < 1.29 is 9.47 Å². The molecule has 1 N–H and O–H groups in total. The Morgan fingerprint density at radius 3 is 2.35 bits per heavy atom. The Labute approximate surface area is 142 Å². The third-order valence-electron chi connectivity index (χ3n) is 3.34. The van der Waals surface area contributed by atoms with Crippen LogP contribution < -0.4 is 14.8 Å². The van der Waals surface area contributed by atoms with Crippen LogP contribution in [0.3, 0.4) is 0 Å². The minimum Gasteiger partial charge on any atom is -0.497 e. The molecule has 0 amide bonds. The quantitative estimate of drug-likeness (QED) is 0.591. The molecule has 4 heteroatoms. The maximum Gasteiger partial charge on any atom is 0.119 e. The van der Waals surface area contributed by atoms with Crippen molar-refractivity contribution >= 4 is 17.2 Å². The van der Waals surface area contributed by atoms with E-state index in [-0.39, 0.29) is 0 Å². The van der Waals surface area contributed by atoms with Gasteiger partial charge in [-0.1, -0.05) is 37.0 Å². The topological polar surface area (TPSA) is 30.5 Å². The van der Waals surface area contributed by atoms with Crippen LogP contribution in [0.2, 0.25) is 0 Å². The van der Waals surface area contributed by atoms with Gasteiger partial charge in [-0.25, -0.2) is 0 Å². The third-order valence-corrected chi connectivity index (χ3v) is 3.72. The summed E-state index contributed by atoms with van der Waals surface area (Å²) in [6.07, 6.45) is 2.63. The first-order valence-corrected chi connectivity index (χ1v) is 7.88. The molecule has 0 saturated heterocycles. The van der Waals surface area contributed by atoms with Gasteiger partial charge in [-0.05, 0) is 48.4 Å². The van der Waals surface area contributed by atoms with Crippen molar-refractivity contribution in [2.75, 3.05) is 20.3 Å². The molecule has 0 saturated carbocycles. The lowest BCUT2D eigenvalue weighted by Gasteiger charge is -2.09. The van der Waals surface area contributed by atoms with Crippen molar-refractivity contribution in [1.29, 1.82) is 0 Å². The highest BCUT2D eigenvalue weighted by Gasteiger charge is 2.02. The van der Waals surface area contributed by atoms with E-state index in [2.05, 4.69) is 24.0 Å². The fourth-order valence-corrected chi connectivity index (χ4v) is 2.31. The molecular formula is C19H21NO2S. The molecule has 0 aromatic heterocycles. The first kappa shape index (κ1) is 17.0. The highest BCUT2D eigenvalue weighted by Crippen LogP contribution is 2.13. The van der Waals surface area contributed by atoms with Gasteiger partial charge in [-0.15, -0.1) is 0 Å². The van der Waals surface area contributed by atoms with Crippen LogP contribution in [0.25, 0.3) is 0 Å². The zero-order valence-corrected chi connectivity index (χ0v) is 14.1. The van der Waals surface area contributed by atoms with Crippen LogP contribution >= 0.6 is 12.2 Å². The number of hydrogen-bond donors (Lipinski definition) is 1. The van der Waals surface area contributed by atoms with Gasteiger partial charge in [0.05, 0.1) is 7.11 Å². The molecule has 0 spiro atoms. The number of ether oxygens (including phenoxy) is 2. The van der Waals surface area contributed by atoms with E-state index in [0.717, 1.165) is 35.0 Å². The van der Waals surface area contributed by atoms with Crippen molar-refractivity contribution in [2.45, 2.75) is 6.42 Å². The minimum absolute atomic E-state index is 0.504. The summed E-state index contributed by atoms with van der Waals surface area (Å²) < 4.78 is 10.6. The van der Waals surface area contributed by atoms with E-state index in [1.807, 2.05) is 36.4 Å². The monoisotopic (exact) mass is 327 g/mol. The van der Waals surface area contributed by atoms with Crippen molar-refractivity contribution in [3.05, 3.63) is 72.3 Å². The number of nitrogens with one attached hydrogen (secondary N) is 1. The van der Waals surface area contributed by atoms with Gasteiger partial charge in [-0.2, -0.15) is 0 Å². The molecule has 0 atom stereocenters. The normalized spacial score (nSPS) is 9.96. The molecule has 23 heavy (non-hydrogen) atoms. The summed E-state index contributed by atoms with van der Waals surface area (Å²) in [5.74, 6) is 1.69. The van der Waals surface area contributed by atoms with E-state index in [1.165, 1.54) is 5.56 Å². The molecule has 0 bridgehead atoms. The summed E-state index contributed by atoms with van der Waals surface area (Å²) in [5.41, 5.74) is 2.23. The van der Waals surface area contributed by atoms with Crippen LogP contribution in [0.4, 0.5) is 0 Å². The van der Waals surface area contributed by atoms with Crippen molar-refractivity contribution in [3.8, 4) is 11.5 Å². The highest BCUT2D eigenvalue weighted by molar-refractivity contribution is 7.80. The van der Waals surface area contributed by atoms with Gasteiger partial charge in [0.2, 0.25) is 0 Å². The molecule has 0 fully saturated rings. The van der Waals surface area contributed by atoms with Crippen LogP contribution in [0.1, 0.15) is 11.1 Å². The van der Waals surface area contributed by atoms with Crippen LogP contribution in [-0.4, -0.2) is 25.2 Å². The van der Waals surface area contributed by atoms with Gasteiger partial charge in [0.15, 0.2) is 0 Å². The lowest BCUT2D eigenvalue weighted by molar-refractivity contribution is 0.363. The Morgan fingerprint density at radius 1 is 1.09 bits per heavy atom. The smallest absolute Gasteiger partial charge is 0.119 e. The Bertz CT molecular complexity index is 635. The molecule has 2 rings (SSSR count). The Hall–Kier alpha value is -2.33. The number of hydrogen-bond acceptors (Lipinski definition) is 3. The van der Waals surface area contributed by atoms with Gasteiger partial charge < -0.3 is 14.8 Å². The molecule has 120 valence electrons. The summed E-state index contributed by atoms with van der Waals surface area (Å²) in [4.78, 5) is 0.744. The molecule has 2 aromatic rings. The second-order valence-electron chi connectivity index (χ2n) is 4.98. The van der Waals surface area contributed by atoms with Gasteiger partial charge in [0, 0.05) is 12.1 Å². The van der Waals surface area contributed by atoms with Gasteiger partial charge in [0.1, 0.15) is 23.1 Å².